The molecule has 0 saturated carbocycles. The highest BCUT2D eigenvalue weighted by molar-refractivity contribution is 5.84. The molecule has 12 nitrogen and oxygen atoms in total. The molecule has 184 valence electrons. The molecule has 35 heavy (non-hydrogen) atoms. The average Bonchev–Trinajstić information content (AvgIpc) is 3.60. The lowest BCUT2D eigenvalue weighted by molar-refractivity contribution is -0.0511. The summed E-state index contributed by atoms with van der Waals surface area (Å²) in [7, 11) is 0. The van der Waals surface area contributed by atoms with Crippen molar-refractivity contribution in [1.82, 2.24) is 29.1 Å². The van der Waals surface area contributed by atoms with E-state index < -0.39 is 31.1 Å². The van der Waals surface area contributed by atoms with E-state index in [1.54, 1.807) is 17.1 Å². The summed E-state index contributed by atoms with van der Waals surface area (Å²) >= 11 is 0. The number of fused-ring (bicyclic) bond motifs is 1. The predicted octanol–water partition coefficient (Wildman–Crippen LogP) is 0.401. The van der Waals surface area contributed by atoms with E-state index in [1.165, 1.54) is 11.9 Å². The summed E-state index contributed by atoms with van der Waals surface area (Å²) < 4.78 is 9.20. The van der Waals surface area contributed by atoms with Gasteiger partial charge in [-0.2, -0.15) is 9.97 Å². The lowest BCUT2D eigenvalue weighted by atomic mass is 10.1. The second-order valence-corrected chi connectivity index (χ2v) is 8.34. The number of hydrogen-bond donors (Lipinski definition) is 5. The largest absolute Gasteiger partial charge is 0.394 e. The molecule has 5 N–H and O–H groups in total. The molecular weight excluding hydrogens is 452 g/mol. The Bertz CT molecular complexity index is 1230. The number of aliphatic hydroxyl groups excluding tert-OH is 3. The van der Waals surface area contributed by atoms with Gasteiger partial charge in [-0.25, -0.2) is 9.97 Å². The minimum Gasteiger partial charge on any atom is -0.394 e. The Kier molecular flexibility index (Phi) is 6.86. The van der Waals surface area contributed by atoms with Crippen molar-refractivity contribution in [3.63, 3.8) is 0 Å². The first-order valence-electron chi connectivity index (χ1n) is 11.5. The van der Waals surface area contributed by atoms with Gasteiger partial charge in [-0.15, -0.1) is 0 Å². The molecule has 4 atom stereocenters. The summed E-state index contributed by atoms with van der Waals surface area (Å²) in [5.74, 6) is 0.926. The van der Waals surface area contributed by atoms with Crippen molar-refractivity contribution >= 4 is 22.9 Å². The Morgan fingerprint density at radius 2 is 1.86 bits per heavy atom. The first-order chi connectivity index (χ1) is 17.1. The summed E-state index contributed by atoms with van der Waals surface area (Å²) in [4.78, 5) is 17.7. The maximum absolute atomic E-state index is 10.5. The first-order valence-corrected chi connectivity index (χ1v) is 11.5. The lowest BCUT2D eigenvalue weighted by Crippen LogP contribution is -2.33. The van der Waals surface area contributed by atoms with Gasteiger partial charge in [0, 0.05) is 32.0 Å². The van der Waals surface area contributed by atoms with E-state index in [2.05, 4.69) is 42.7 Å². The van der Waals surface area contributed by atoms with Gasteiger partial charge in [-0.1, -0.05) is 30.3 Å². The van der Waals surface area contributed by atoms with E-state index in [1.807, 2.05) is 29.0 Å². The lowest BCUT2D eigenvalue weighted by Gasteiger charge is -2.17. The number of benzene rings is 1. The standard InChI is InChI=1S/C23H28N8O4/c32-12-16-18(33)19(34)22(35-16)31-14-27-17-20(25-7-6-15-4-2-1-3-5-15)28-23(29-21(17)31)26-9-11-30-10-8-24-13-30/h1-5,8,10,13-14,16,18-19,22,32-34H,6-7,9,11-12H2,(H2,25,26,28,29)/t16-,18-,19-,22-/m1/s1. The van der Waals surface area contributed by atoms with Crippen molar-refractivity contribution in [2.45, 2.75) is 37.5 Å². The summed E-state index contributed by atoms with van der Waals surface area (Å²) in [6.45, 7) is 1.45. The summed E-state index contributed by atoms with van der Waals surface area (Å²) in [5.41, 5.74) is 2.14. The van der Waals surface area contributed by atoms with Crippen LogP contribution in [0.25, 0.3) is 11.2 Å². The predicted molar refractivity (Wildman–Crippen MR) is 128 cm³/mol. The highest BCUT2D eigenvalue weighted by Crippen LogP contribution is 2.32. The second-order valence-electron chi connectivity index (χ2n) is 8.34. The van der Waals surface area contributed by atoms with E-state index in [-0.39, 0.29) is 0 Å². The van der Waals surface area contributed by atoms with E-state index in [0.29, 0.717) is 42.6 Å². The molecule has 4 heterocycles. The second kappa shape index (κ2) is 10.4. The van der Waals surface area contributed by atoms with Gasteiger partial charge in [0.05, 0.1) is 19.3 Å². The maximum Gasteiger partial charge on any atom is 0.226 e. The summed E-state index contributed by atoms with van der Waals surface area (Å²) in [5, 5.41) is 36.8. The van der Waals surface area contributed by atoms with Crippen molar-refractivity contribution in [2.24, 2.45) is 0 Å². The van der Waals surface area contributed by atoms with Crippen LogP contribution in [0.5, 0.6) is 0 Å². The number of anilines is 2. The van der Waals surface area contributed by atoms with Crippen molar-refractivity contribution in [3.8, 4) is 0 Å². The fourth-order valence-electron chi connectivity index (χ4n) is 4.10. The highest BCUT2D eigenvalue weighted by atomic mass is 16.6. The summed E-state index contributed by atoms with van der Waals surface area (Å²) in [6.07, 6.45) is 3.31. The van der Waals surface area contributed by atoms with Crippen LogP contribution in [0.1, 0.15) is 11.8 Å². The fourth-order valence-corrected chi connectivity index (χ4v) is 4.10. The molecule has 5 rings (SSSR count). The van der Waals surface area contributed by atoms with Gasteiger partial charge in [0.25, 0.3) is 0 Å². The molecule has 1 saturated heterocycles. The topological polar surface area (TPSA) is 155 Å². The van der Waals surface area contributed by atoms with Gasteiger partial charge in [0.1, 0.15) is 18.3 Å². The third-order valence-corrected chi connectivity index (χ3v) is 5.97. The zero-order valence-electron chi connectivity index (χ0n) is 19.0. The smallest absolute Gasteiger partial charge is 0.226 e. The van der Waals surface area contributed by atoms with Crippen LogP contribution >= 0.6 is 0 Å². The molecule has 0 bridgehead atoms. The van der Waals surface area contributed by atoms with Crippen LogP contribution < -0.4 is 10.6 Å². The third kappa shape index (κ3) is 4.95. The van der Waals surface area contributed by atoms with Gasteiger partial charge < -0.3 is 35.3 Å². The van der Waals surface area contributed by atoms with Gasteiger partial charge in [0.15, 0.2) is 23.2 Å². The zero-order chi connectivity index (χ0) is 24.2. The number of nitrogens with zero attached hydrogens (tertiary/aromatic N) is 6. The fraction of sp³-hybridized carbons (Fsp3) is 0.391. The van der Waals surface area contributed by atoms with Crippen molar-refractivity contribution in [2.75, 3.05) is 30.3 Å². The number of hydrogen-bond acceptors (Lipinski definition) is 10. The summed E-state index contributed by atoms with van der Waals surface area (Å²) in [6, 6.07) is 10.1. The Labute approximate surface area is 201 Å². The Morgan fingerprint density at radius 1 is 1.00 bits per heavy atom. The van der Waals surface area contributed by atoms with Crippen molar-refractivity contribution in [3.05, 3.63) is 60.9 Å². The van der Waals surface area contributed by atoms with Crippen LogP contribution in [0.2, 0.25) is 0 Å². The maximum atomic E-state index is 10.5. The molecule has 0 radical (unpaired) electrons. The first kappa shape index (κ1) is 23.2. The zero-order valence-corrected chi connectivity index (χ0v) is 19.0. The number of aliphatic hydroxyl groups is 3. The van der Waals surface area contributed by atoms with E-state index in [0.717, 1.165) is 6.42 Å². The molecule has 4 aromatic rings. The molecule has 0 aliphatic carbocycles. The highest BCUT2D eigenvalue weighted by Gasteiger charge is 2.44. The number of nitrogens with one attached hydrogen (secondary N) is 2. The monoisotopic (exact) mass is 480 g/mol. The van der Waals surface area contributed by atoms with Gasteiger partial charge >= 0.3 is 0 Å². The molecule has 1 aliphatic rings. The number of imidazole rings is 2. The minimum atomic E-state index is -1.24. The van der Waals surface area contributed by atoms with Crippen LogP contribution in [-0.2, 0) is 17.7 Å². The van der Waals surface area contributed by atoms with Crippen molar-refractivity contribution in [1.29, 1.82) is 0 Å². The van der Waals surface area contributed by atoms with Gasteiger partial charge in [-0.3, -0.25) is 4.57 Å². The number of rotatable bonds is 10. The van der Waals surface area contributed by atoms with Gasteiger partial charge in [0.2, 0.25) is 5.95 Å². The number of aromatic nitrogens is 6. The Morgan fingerprint density at radius 3 is 2.60 bits per heavy atom. The molecule has 1 fully saturated rings. The SMILES string of the molecule is OC[C@H]1O[C@@H](n2cnc3c(NCCc4ccccc4)nc(NCCn4ccnc4)nc32)[C@H](O)[C@@H]1O. The normalized spacial score (nSPS) is 22.0. The quantitative estimate of drug-likeness (QED) is 0.215. The van der Waals surface area contributed by atoms with E-state index in [9.17, 15) is 15.3 Å². The van der Waals surface area contributed by atoms with Crippen LogP contribution in [0, 0.1) is 0 Å². The van der Waals surface area contributed by atoms with Crippen LogP contribution in [0.15, 0.2) is 55.4 Å². The molecule has 1 aliphatic heterocycles. The molecule has 12 heteroatoms. The molecule has 1 aromatic carbocycles. The molecule has 0 spiro atoms. The third-order valence-electron chi connectivity index (χ3n) is 5.97. The molecular formula is C23H28N8O4. The number of ether oxygens (including phenoxy) is 1. The Hall–Kier alpha value is -3.58. The Balaban J connectivity index is 1.41. The van der Waals surface area contributed by atoms with Crippen LogP contribution in [0.3, 0.4) is 0 Å². The molecule has 0 unspecified atom stereocenters. The van der Waals surface area contributed by atoms with E-state index in [4.69, 9.17) is 4.74 Å². The molecule has 3 aromatic heterocycles. The van der Waals surface area contributed by atoms with Crippen molar-refractivity contribution < 1.29 is 20.1 Å². The van der Waals surface area contributed by atoms with Gasteiger partial charge in [-0.05, 0) is 12.0 Å². The minimum absolute atomic E-state index is 0.383. The van der Waals surface area contributed by atoms with Crippen LogP contribution in [-0.4, -0.2) is 82.4 Å². The van der Waals surface area contributed by atoms with Crippen LogP contribution in [0.4, 0.5) is 11.8 Å². The van der Waals surface area contributed by atoms with E-state index >= 15 is 0 Å². The molecule has 0 amide bonds. The average molecular weight is 481 g/mol.